The molecule has 5 nitrogen and oxygen atoms in total. The van der Waals surface area contributed by atoms with E-state index < -0.39 is 11.9 Å². The molecule has 0 radical (unpaired) electrons. The van der Waals surface area contributed by atoms with Crippen LogP contribution in [0.4, 0.5) is 0 Å². The van der Waals surface area contributed by atoms with E-state index in [0.29, 0.717) is 17.7 Å². The lowest BCUT2D eigenvalue weighted by Crippen LogP contribution is -2.13. The lowest BCUT2D eigenvalue weighted by molar-refractivity contribution is 0.0479. The summed E-state index contributed by atoms with van der Waals surface area (Å²) in [4.78, 5) is 25.8. The molecular formula is C17H21NO4S. The fraction of sp³-hybridized carbons (Fsp3) is 0.412. The van der Waals surface area contributed by atoms with Crippen LogP contribution in [0.15, 0.2) is 17.5 Å². The third kappa shape index (κ3) is 3.47. The van der Waals surface area contributed by atoms with Gasteiger partial charge in [-0.15, -0.1) is 11.3 Å². The molecule has 124 valence electrons. The number of thiophene rings is 1. The van der Waals surface area contributed by atoms with Crippen molar-refractivity contribution in [3.8, 4) is 0 Å². The Kier molecular flexibility index (Phi) is 5.60. The van der Waals surface area contributed by atoms with E-state index in [0.717, 1.165) is 16.3 Å². The maximum absolute atomic E-state index is 12.3. The zero-order valence-corrected chi connectivity index (χ0v) is 14.7. The molecule has 0 spiro atoms. The van der Waals surface area contributed by atoms with Crippen LogP contribution in [0.2, 0.25) is 0 Å². The molecule has 2 heterocycles. The van der Waals surface area contributed by atoms with Gasteiger partial charge in [0.25, 0.3) is 0 Å². The first kappa shape index (κ1) is 17.3. The number of rotatable bonds is 6. The number of ether oxygens (including phenoxy) is 2. The molecule has 2 aromatic rings. The van der Waals surface area contributed by atoms with E-state index in [1.54, 1.807) is 25.2 Å². The van der Waals surface area contributed by atoms with Gasteiger partial charge >= 0.3 is 11.9 Å². The van der Waals surface area contributed by atoms with Gasteiger partial charge in [0.15, 0.2) is 0 Å². The summed E-state index contributed by atoms with van der Waals surface area (Å²) in [7, 11) is 0. The Bertz CT molecular complexity index is 659. The van der Waals surface area contributed by atoms with E-state index in [4.69, 9.17) is 9.47 Å². The summed E-state index contributed by atoms with van der Waals surface area (Å²) >= 11 is 1.63. The Morgan fingerprint density at radius 2 is 1.57 bits per heavy atom. The van der Waals surface area contributed by atoms with Crippen LogP contribution in [-0.4, -0.2) is 29.7 Å². The average Bonchev–Trinajstić information content (AvgIpc) is 3.09. The van der Waals surface area contributed by atoms with Crippen LogP contribution in [-0.2, 0) is 16.0 Å². The minimum absolute atomic E-state index is 0.260. The molecule has 0 fully saturated rings. The maximum atomic E-state index is 12.3. The first-order valence-electron chi connectivity index (χ1n) is 7.57. The van der Waals surface area contributed by atoms with Gasteiger partial charge in [-0.2, -0.15) is 0 Å². The average molecular weight is 335 g/mol. The Balaban J connectivity index is 2.53. The maximum Gasteiger partial charge on any atom is 0.340 e. The van der Waals surface area contributed by atoms with Crippen molar-refractivity contribution in [3.05, 3.63) is 44.9 Å². The van der Waals surface area contributed by atoms with Crippen LogP contribution >= 0.6 is 11.3 Å². The normalized spacial score (nSPS) is 10.6. The molecule has 0 N–H and O–H groups in total. The Hall–Kier alpha value is -2.08. The summed E-state index contributed by atoms with van der Waals surface area (Å²) in [5, 5.41) is 2.00. The molecule has 2 rings (SSSR count). The molecule has 0 amide bonds. The molecule has 2 aromatic heterocycles. The number of carbonyl (C=O) groups excluding carboxylic acids is 2. The van der Waals surface area contributed by atoms with Crippen LogP contribution in [0.5, 0.6) is 0 Å². The fourth-order valence-electron chi connectivity index (χ4n) is 2.58. The number of nitrogens with zero attached hydrogens (tertiary/aromatic N) is 1. The van der Waals surface area contributed by atoms with E-state index in [-0.39, 0.29) is 13.2 Å². The van der Waals surface area contributed by atoms with Crippen LogP contribution in [0.25, 0.3) is 0 Å². The molecule has 23 heavy (non-hydrogen) atoms. The highest BCUT2D eigenvalue weighted by Gasteiger charge is 2.29. The van der Waals surface area contributed by atoms with Crippen molar-refractivity contribution >= 4 is 23.3 Å². The number of carbonyl (C=O) groups is 2. The molecule has 0 unspecified atom stereocenters. The molecular weight excluding hydrogens is 314 g/mol. The molecule has 0 saturated heterocycles. The van der Waals surface area contributed by atoms with Crippen LogP contribution in [0, 0.1) is 13.8 Å². The van der Waals surface area contributed by atoms with E-state index >= 15 is 0 Å². The van der Waals surface area contributed by atoms with Crippen LogP contribution in [0.3, 0.4) is 0 Å². The minimum Gasteiger partial charge on any atom is -0.462 e. The lowest BCUT2D eigenvalue weighted by atomic mass is 10.1. The first-order valence-corrected chi connectivity index (χ1v) is 8.45. The quantitative estimate of drug-likeness (QED) is 0.757. The third-order valence-electron chi connectivity index (χ3n) is 3.64. The monoisotopic (exact) mass is 335 g/mol. The third-order valence-corrected chi connectivity index (χ3v) is 4.50. The van der Waals surface area contributed by atoms with Gasteiger partial charge in [-0.1, -0.05) is 6.07 Å². The summed E-state index contributed by atoms with van der Waals surface area (Å²) in [5.74, 6) is -0.970. The highest BCUT2D eigenvalue weighted by atomic mass is 32.1. The van der Waals surface area contributed by atoms with Gasteiger partial charge in [-0.3, -0.25) is 0 Å². The van der Waals surface area contributed by atoms with E-state index in [9.17, 15) is 9.59 Å². The summed E-state index contributed by atoms with van der Waals surface area (Å²) < 4.78 is 12.2. The molecule has 0 bridgehead atoms. The fourth-order valence-corrected chi connectivity index (χ4v) is 3.28. The molecule has 0 atom stereocenters. The van der Waals surface area contributed by atoms with Gasteiger partial charge in [-0.05, 0) is 39.1 Å². The van der Waals surface area contributed by atoms with Crippen LogP contribution < -0.4 is 0 Å². The van der Waals surface area contributed by atoms with Crippen molar-refractivity contribution in [2.75, 3.05) is 13.2 Å². The van der Waals surface area contributed by atoms with Gasteiger partial charge in [0.05, 0.1) is 30.9 Å². The second-order valence-electron chi connectivity index (χ2n) is 5.03. The Morgan fingerprint density at radius 3 is 1.96 bits per heavy atom. The summed E-state index contributed by atoms with van der Waals surface area (Å²) in [6, 6.07) is 4.00. The topological polar surface area (TPSA) is 57.5 Å². The van der Waals surface area contributed by atoms with Gasteiger partial charge in [0, 0.05) is 16.3 Å². The first-order chi connectivity index (χ1) is 11.0. The van der Waals surface area contributed by atoms with Gasteiger partial charge in [0.1, 0.15) is 0 Å². The van der Waals surface area contributed by atoms with Gasteiger partial charge in [-0.25, -0.2) is 9.59 Å². The van der Waals surface area contributed by atoms with Crippen molar-refractivity contribution in [1.82, 2.24) is 4.57 Å². The van der Waals surface area contributed by atoms with E-state index in [2.05, 4.69) is 0 Å². The predicted octanol–water partition coefficient (Wildman–Crippen LogP) is 3.57. The van der Waals surface area contributed by atoms with Crippen molar-refractivity contribution in [2.24, 2.45) is 0 Å². The SMILES string of the molecule is CCOC(=O)c1c(C(=O)OCC)c(C)n(Cc2cccs2)c1C. The molecule has 0 aliphatic rings. The van der Waals surface area contributed by atoms with E-state index in [1.807, 2.05) is 35.9 Å². The zero-order chi connectivity index (χ0) is 17.0. The molecule has 0 aliphatic heterocycles. The van der Waals surface area contributed by atoms with Gasteiger partial charge in [0.2, 0.25) is 0 Å². The molecule has 0 saturated carbocycles. The second kappa shape index (κ2) is 7.46. The summed E-state index contributed by atoms with van der Waals surface area (Å²) in [6.45, 7) is 8.28. The van der Waals surface area contributed by atoms with Crippen molar-refractivity contribution in [1.29, 1.82) is 0 Å². The number of esters is 2. The summed E-state index contributed by atoms with van der Waals surface area (Å²) in [5.41, 5.74) is 2.05. The number of hydrogen-bond donors (Lipinski definition) is 0. The lowest BCUT2D eigenvalue weighted by Gasteiger charge is -2.08. The zero-order valence-electron chi connectivity index (χ0n) is 13.8. The second-order valence-corrected chi connectivity index (χ2v) is 6.06. The smallest absolute Gasteiger partial charge is 0.340 e. The highest BCUT2D eigenvalue weighted by molar-refractivity contribution is 7.09. The van der Waals surface area contributed by atoms with E-state index in [1.165, 1.54) is 0 Å². The Morgan fingerprint density at radius 1 is 1.04 bits per heavy atom. The van der Waals surface area contributed by atoms with Gasteiger partial charge < -0.3 is 14.0 Å². The number of hydrogen-bond acceptors (Lipinski definition) is 5. The largest absolute Gasteiger partial charge is 0.462 e. The highest BCUT2D eigenvalue weighted by Crippen LogP contribution is 2.26. The summed E-state index contributed by atoms with van der Waals surface area (Å²) in [6.07, 6.45) is 0. The van der Waals surface area contributed by atoms with Crippen LogP contribution in [0.1, 0.15) is 50.8 Å². The molecule has 0 aromatic carbocycles. The molecule has 6 heteroatoms. The van der Waals surface area contributed by atoms with Crippen molar-refractivity contribution in [2.45, 2.75) is 34.2 Å². The number of aromatic nitrogens is 1. The van der Waals surface area contributed by atoms with Crippen molar-refractivity contribution in [3.63, 3.8) is 0 Å². The Labute approximate surface area is 139 Å². The predicted molar refractivity (Wildman–Crippen MR) is 89.2 cm³/mol. The molecule has 0 aliphatic carbocycles. The minimum atomic E-state index is -0.485. The van der Waals surface area contributed by atoms with Crippen molar-refractivity contribution < 1.29 is 19.1 Å². The standard InChI is InChI=1S/C17H21NO4S/c1-5-21-16(19)14-11(3)18(10-13-8-7-9-23-13)12(4)15(14)17(20)22-6-2/h7-9H,5-6,10H2,1-4H3.